The van der Waals surface area contributed by atoms with Crippen LogP contribution in [0.25, 0.3) is 0 Å². The molecule has 0 radical (unpaired) electrons. The van der Waals surface area contributed by atoms with Crippen molar-refractivity contribution < 1.29 is 9.53 Å². The molecule has 0 bridgehead atoms. The molecule has 1 aromatic heterocycles. The average molecular weight is 275 g/mol. The standard InChI is InChI=1S/C13H17N5O2/c1-3-20-13(19)9-4-5-10(14)11(6-9)15-7-12-16-8-18(2)17-12/h4-6,8,15H,3,7,14H2,1-2H3. The number of carbonyl (C=O) groups is 1. The number of ether oxygens (including phenoxy) is 1. The molecular formula is C13H17N5O2. The van der Waals surface area contributed by atoms with E-state index in [4.69, 9.17) is 10.5 Å². The van der Waals surface area contributed by atoms with Crippen LogP contribution in [0.4, 0.5) is 11.4 Å². The van der Waals surface area contributed by atoms with Gasteiger partial charge in [-0.2, -0.15) is 5.10 Å². The van der Waals surface area contributed by atoms with Crippen LogP contribution in [-0.2, 0) is 18.3 Å². The van der Waals surface area contributed by atoms with E-state index in [-0.39, 0.29) is 5.97 Å². The smallest absolute Gasteiger partial charge is 0.338 e. The second-order valence-corrected chi connectivity index (χ2v) is 4.21. The molecule has 1 heterocycles. The van der Waals surface area contributed by atoms with Gasteiger partial charge in [-0.1, -0.05) is 0 Å². The van der Waals surface area contributed by atoms with Crippen molar-refractivity contribution in [2.24, 2.45) is 7.05 Å². The molecule has 3 N–H and O–H groups in total. The van der Waals surface area contributed by atoms with Gasteiger partial charge in [-0.25, -0.2) is 9.78 Å². The first-order chi connectivity index (χ1) is 9.60. The molecule has 0 aliphatic carbocycles. The Morgan fingerprint density at radius 3 is 2.95 bits per heavy atom. The Kier molecular flexibility index (Phi) is 4.19. The lowest BCUT2D eigenvalue weighted by atomic mass is 10.1. The van der Waals surface area contributed by atoms with E-state index < -0.39 is 0 Å². The molecule has 20 heavy (non-hydrogen) atoms. The zero-order valence-corrected chi connectivity index (χ0v) is 11.5. The zero-order valence-electron chi connectivity index (χ0n) is 11.5. The number of hydrogen-bond donors (Lipinski definition) is 2. The fourth-order valence-corrected chi connectivity index (χ4v) is 1.69. The van der Waals surface area contributed by atoms with Gasteiger partial charge in [-0.05, 0) is 25.1 Å². The number of esters is 1. The van der Waals surface area contributed by atoms with Crippen LogP contribution in [-0.4, -0.2) is 27.3 Å². The molecule has 0 fully saturated rings. The van der Waals surface area contributed by atoms with Gasteiger partial charge >= 0.3 is 5.97 Å². The van der Waals surface area contributed by atoms with E-state index in [1.54, 1.807) is 43.2 Å². The number of nitrogen functional groups attached to an aromatic ring is 1. The van der Waals surface area contributed by atoms with E-state index in [0.29, 0.717) is 35.9 Å². The lowest BCUT2D eigenvalue weighted by molar-refractivity contribution is 0.0526. The first kappa shape index (κ1) is 13.9. The number of benzene rings is 1. The summed E-state index contributed by atoms with van der Waals surface area (Å²) in [6.45, 7) is 2.53. The van der Waals surface area contributed by atoms with Crippen LogP contribution in [0, 0.1) is 0 Å². The van der Waals surface area contributed by atoms with E-state index >= 15 is 0 Å². The minimum atomic E-state index is -0.369. The predicted octanol–water partition coefficient (Wildman–Crippen LogP) is 1.19. The SMILES string of the molecule is CCOC(=O)c1ccc(N)c(NCc2ncn(C)n2)c1. The highest BCUT2D eigenvalue weighted by molar-refractivity contribution is 5.92. The van der Waals surface area contributed by atoms with Crippen molar-refractivity contribution in [3.05, 3.63) is 35.9 Å². The van der Waals surface area contributed by atoms with Crippen LogP contribution in [0.5, 0.6) is 0 Å². The van der Waals surface area contributed by atoms with E-state index in [1.807, 2.05) is 0 Å². The lowest BCUT2D eigenvalue weighted by Crippen LogP contribution is -2.08. The van der Waals surface area contributed by atoms with Crippen LogP contribution in [0.2, 0.25) is 0 Å². The molecule has 106 valence electrons. The topological polar surface area (TPSA) is 95.1 Å². The number of hydrogen-bond acceptors (Lipinski definition) is 6. The maximum absolute atomic E-state index is 11.7. The summed E-state index contributed by atoms with van der Waals surface area (Å²) in [6, 6.07) is 4.97. The van der Waals surface area contributed by atoms with Crippen molar-refractivity contribution >= 4 is 17.3 Å². The third kappa shape index (κ3) is 3.25. The maximum Gasteiger partial charge on any atom is 0.338 e. The molecule has 0 aliphatic rings. The lowest BCUT2D eigenvalue weighted by Gasteiger charge is -2.09. The van der Waals surface area contributed by atoms with Gasteiger partial charge in [0.15, 0.2) is 5.82 Å². The Morgan fingerprint density at radius 1 is 1.50 bits per heavy atom. The number of nitrogens with zero attached hydrogens (tertiary/aromatic N) is 3. The molecule has 0 amide bonds. The average Bonchev–Trinajstić information content (AvgIpc) is 2.84. The molecule has 2 rings (SSSR count). The van der Waals surface area contributed by atoms with Gasteiger partial charge in [0.05, 0.1) is 30.1 Å². The molecule has 2 aromatic rings. The second kappa shape index (κ2) is 6.05. The Hall–Kier alpha value is -2.57. The molecule has 0 saturated heterocycles. The molecule has 0 aliphatic heterocycles. The Balaban J connectivity index is 2.10. The van der Waals surface area contributed by atoms with Gasteiger partial charge < -0.3 is 15.8 Å². The van der Waals surface area contributed by atoms with Crippen molar-refractivity contribution in [2.45, 2.75) is 13.5 Å². The number of rotatable bonds is 5. The molecule has 0 spiro atoms. The first-order valence-corrected chi connectivity index (χ1v) is 6.25. The summed E-state index contributed by atoms with van der Waals surface area (Å²) in [5.41, 5.74) is 7.53. The van der Waals surface area contributed by atoms with E-state index in [2.05, 4.69) is 15.4 Å². The molecule has 7 heteroatoms. The van der Waals surface area contributed by atoms with Crippen LogP contribution < -0.4 is 11.1 Å². The van der Waals surface area contributed by atoms with Crippen molar-refractivity contribution in [3.8, 4) is 0 Å². The quantitative estimate of drug-likeness (QED) is 0.628. The number of aromatic nitrogens is 3. The fraction of sp³-hybridized carbons (Fsp3) is 0.308. The van der Waals surface area contributed by atoms with Crippen molar-refractivity contribution in [3.63, 3.8) is 0 Å². The summed E-state index contributed by atoms with van der Waals surface area (Å²) in [6.07, 6.45) is 1.62. The van der Waals surface area contributed by atoms with E-state index in [9.17, 15) is 4.79 Å². The molecule has 1 aromatic carbocycles. The highest BCUT2D eigenvalue weighted by Crippen LogP contribution is 2.21. The molecule has 0 unspecified atom stereocenters. The number of carbonyl (C=O) groups excluding carboxylic acids is 1. The largest absolute Gasteiger partial charge is 0.462 e. The van der Waals surface area contributed by atoms with Gasteiger partial charge in [0.1, 0.15) is 6.33 Å². The van der Waals surface area contributed by atoms with Gasteiger partial charge in [0, 0.05) is 7.05 Å². The third-order valence-electron chi connectivity index (χ3n) is 2.65. The van der Waals surface area contributed by atoms with Gasteiger partial charge in [0.25, 0.3) is 0 Å². The van der Waals surface area contributed by atoms with Crippen LogP contribution in [0.3, 0.4) is 0 Å². The number of nitrogens with two attached hydrogens (primary N) is 1. The molecule has 0 atom stereocenters. The van der Waals surface area contributed by atoms with Crippen LogP contribution >= 0.6 is 0 Å². The molecule has 0 saturated carbocycles. The summed E-state index contributed by atoms with van der Waals surface area (Å²) in [5.74, 6) is 0.278. The van der Waals surface area contributed by atoms with Gasteiger partial charge in [0.2, 0.25) is 0 Å². The maximum atomic E-state index is 11.7. The summed E-state index contributed by atoms with van der Waals surface area (Å²) in [7, 11) is 1.80. The van der Waals surface area contributed by atoms with Gasteiger partial charge in [-0.15, -0.1) is 0 Å². The van der Waals surface area contributed by atoms with E-state index in [1.165, 1.54) is 0 Å². The normalized spacial score (nSPS) is 10.3. The summed E-state index contributed by atoms with van der Waals surface area (Å²) < 4.78 is 6.57. The van der Waals surface area contributed by atoms with Crippen molar-refractivity contribution in [1.29, 1.82) is 0 Å². The monoisotopic (exact) mass is 275 g/mol. The van der Waals surface area contributed by atoms with Gasteiger partial charge in [-0.3, -0.25) is 4.68 Å². The molecular weight excluding hydrogens is 258 g/mol. The number of anilines is 2. The summed E-state index contributed by atoms with van der Waals surface area (Å²) in [5, 5.41) is 7.26. The summed E-state index contributed by atoms with van der Waals surface area (Å²) in [4.78, 5) is 15.8. The minimum absolute atomic E-state index is 0.337. The number of aryl methyl sites for hydroxylation is 1. The van der Waals surface area contributed by atoms with E-state index in [0.717, 1.165) is 0 Å². The zero-order chi connectivity index (χ0) is 14.5. The predicted molar refractivity (Wildman–Crippen MR) is 75.1 cm³/mol. The highest BCUT2D eigenvalue weighted by Gasteiger charge is 2.09. The Morgan fingerprint density at radius 2 is 2.30 bits per heavy atom. The van der Waals surface area contributed by atoms with Crippen LogP contribution in [0.15, 0.2) is 24.5 Å². The highest BCUT2D eigenvalue weighted by atomic mass is 16.5. The summed E-state index contributed by atoms with van der Waals surface area (Å²) >= 11 is 0. The molecule has 7 nitrogen and oxygen atoms in total. The number of nitrogens with one attached hydrogen (secondary N) is 1. The minimum Gasteiger partial charge on any atom is -0.462 e. The van der Waals surface area contributed by atoms with Crippen LogP contribution in [0.1, 0.15) is 23.1 Å². The van der Waals surface area contributed by atoms with Crippen molar-refractivity contribution in [1.82, 2.24) is 14.8 Å². The first-order valence-electron chi connectivity index (χ1n) is 6.25. The Bertz CT molecular complexity index is 609. The fourth-order valence-electron chi connectivity index (χ4n) is 1.69. The van der Waals surface area contributed by atoms with Crippen molar-refractivity contribution in [2.75, 3.05) is 17.7 Å². The third-order valence-corrected chi connectivity index (χ3v) is 2.65. The Labute approximate surface area is 116 Å². The second-order valence-electron chi connectivity index (χ2n) is 4.21.